The van der Waals surface area contributed by atoms with E-state index in [0.717, 1.165) is 77.8 Å². The molecule has 4 aliphatic rings. The molecular formula is C74H80N6O12S2. The Morgan fingerprint density at radius 2 is 0.926 bits per heavy atom. The lowest BCUT2D eigenvalue weighted by molar-refractivity contribution is -0.122. The molecule has 94 heavy (non-hydrogen) atoms. The van der Waals surface area contributed by atoms with E-state index in [9.17, 15) is 29.4 Å². The molecule has 2 aliphatic heterocycles. The van der Waals surface area contributed by atoms with Crippen molar-refractivity contribution in [3.05, 3.63) is 161 Å². The molecule has 0 radical (unpaired) electrons. The Labute approximate surface area is 555 Å². The van der Waals surface area contributed by atoms with E-state index in [-0.39, 0.29) is 48.4 Å². The van der Waals surface area contributed by atoms with Gasteiger partial charge in [-0.15, -0.1) is 23.5 Å². The SMILES string of the molecule is COc1cc2c(c(OC)c1OC)-c1ccc(SC)c(=O)cc1[C@@H](NC(=O)CCC1=C(C)c3cc4[nH]c(cc5[nH]c(cc6nc(cc1n3)C(CCC(=O)N[C@H]1CCc3cc(OC)c(OC)c(OC)c3-c3ccc(SC)c(=O)cc31)=C6C)c(C(C)O)c5C)c(C(C)O)c4C)CC2. The number of nitrogens with one attached hydrogen (secondary N) is 4. The van der Waals surface area contributed by atoms with E-state index in [1.807, 2.05) is 101 Å². The summed E-state index contributed by atoms with van der Waals surface area (Å²) in [6.45, 7) is 11.3. The predicted octanol–water partition coefficient (Wildman–Crippen LogP) is 13.6. The standard InChI is InChI=1S/C74H80N6O12S2/c1-35-43(19-25-65(85)79-49-21-15-41-27-61(87-7)71(89-9)73(91-11)69(41)45-17-23-63(93-13)59(83)29-47(45)49)55-34-56-44(36(2)52(76-56)32-57-68(40(6)82)38(4)54(78-57)33-58-67(39(5)81)37(3)53(77-58)31-51(35)75-55)20-26-66(86)80-50-22-16-42-28-62(88-8)72(90-10)74(92-12)70(42)46-18-24-64(94-14)60(84)30-48(46)50/h17-18,23-24,27-34,39-40,49-50,77-78,81-82H,15-16,19-22,25-26H2,1-14H3,(H,79,85)(H,80,86)/t39?,40?,49-,50-/m0/s1. The number of nitrogens with zero attached hydrogens (tertiary/aromatic N) is 2. The van der Waals surface area contributed by atoms with E-state index in [0.29, 0.717) is 126 Å². The predicted molar refractivity (Wildman–Crippen MR) is 373 cm³/mol. The zero-order valence-electron chi connectivity index (χ0n) is 55.6. The van der Waals surface area contributed by atoms with Gasteiger partial charge in [0.05, 0.1) is 99.5 Å². The summed E-state index contributed by atoms with van der Waals surface area (Å²) in [6.07, 6.45) is 4.57. The highest BCUT2D eigenvalue weighted by molar-refractivity contribution is 7.98. The topological polar surface area (TPSA) is 246 Å². The Hall–Kier alpha value is -8.82. The number of benzene rings is 2. The quantitative estimate of drug-likeness (QED) is 0.0437. The summed E-state index contributed by atoms with van der Waals surface area (Å²) >= 11 is 2.70. The normalized spacial score (nSPS) is 15.5. The maximum absolute atomic E-state index is 14.8. The van der Waals surface area contributed by atoms with Gasteiger partial charge < -0.3 is 59.2 Å². The molecule has 3 aromatic heterocycles. The van der Waals surface area contributed by atoms with Crippen LogP contribution in [-0.2, 0) is 22.4 Å². The van der Waals surface area contributed by atoms with Crippen molar-refractivity contribution in [2.24, 2.45) is 0 Å². The molecule has 11 rings (SSSR count). The molecule has 20 heteroatoms. The summed E-state index contributed by atoms with van der Waals surface area (Å²) in [5.74, 6) is 2.27. The fourth-order valence-electron chi connectivity index (χ4n) is 14.1. The molecule has 7 aromatic rings. The molecule has 2 aliphatic carbocycles. The minimum absolute atomic E-state index is 0.0442. The second kappa shape index (κ2) is 27.6. The third kappa shape index (κ3) is 12.4. The number of aromatic nitrogens is 4. The van der Waals surface area contributed by atoms with Crippen LogP contribution >= 0.6 is 23.5 Å². The third-order valence-corrected chi connectivity index (χ3v) is 20.3. The number of hydrogen-bond donors (Lipinski definition) is 6. The number of aliphatic hydroxyl groups excluding tert-OH is 2. The maximum atomic E-state index is 14.8. The highest BCUT2D eigenvalue weighted by Crippen LogP contribution is 2.52. The molecule has 2 unspecified atom stereocenters. The molecule has 2 amide bonds. The summed E-state index contributed by atoms with van der Waals surface area (Å²) in [5, 5.41) is 29.5. The van der Waals surface area contributed by atoms with Gasteiger partial charge in [0.25, 0.3) is 0 Å². The van der Waals surface area contributed by atoms with Crippen LogP contribution in [0.4, 0.5) is 0 Å². The van der Waals surface area contributed by atoms with Crippen molar-refractivity contribution in [2.45, 2.75) is 127 Å². The highest BCUT2D eigenvalue weighted by Gasteiger charge is 2.33. The summed E-state index contributed by atoms with van der Waals surface area (Å²) in [6, 6.07) is 21.2. The second-order valence-electron chi connectivity index (χ2n) is 24.1. The molecule has 0 saturated heterocycles. The van der Waals surface area contributed by atoms with Crippen molar-refractivity contribution in [1.82, 2.24) is 30.6 Å². The van der Waals surface area contributed by atoms with Gasteiger partial charge in [0.15, 0.2) is 33.9 Å². The Bertz CT molecular complexity index is 4630. The first-order valence-corrected chi connectivity index (χ1v) is 33.8. The van der Waals surface area contributed by atoms with Crippen LogP contribution in [0.1, 0.15) is 158 Å². The first-order valence-electron chi connectivity index (χ1n) is 31.4. The first kappa shape index (κ1) is 66.6. The molecule has 6 N–H and O–H groups in total. The molecule has 0 spiro atoms. The Kier molecular flexibility index (Phi) is 19.6. The fraction of sp³-hybridized carbons (Fsp3) is 0.351. The van der Waals surface area contributed by atoms with E-state index in [4.69, 9.17) is 38.4 Å². The average molecular weight is 1310 g/mol. The van der Waals surface area contributed by atoms with Crippen molar-refractivity contribution < 1.29 is 48.2 Å². The smallest absolute Gasteiger partial charge is 0.220 e. The van der Waals surface area contributed by atoms with Crippen LogP contribution < -0.4 is 49.9 Å². The van der Waals surface area contributed by atoms with Gasteiger partial charge in [0.2, 0.25) is 23.3 Å². The number of carbonyl (C=O) groups is 2. The lowest BCUT2D eigenvalue weighted by Crippen LogP contribution is -2.29. The Morgan fingerprint density at radius 1 is 0.532 bits per heavy atom. The molecular weight excluding hydrogens is 1230 g/mol. The molecule has 4 atom stereocenters. The van der Waals surface area contributed by atoms with Crippen LogP contribution in [0.15, 0.2) is 92.2 Å². The van der Waals surface area contributed by atoms with Gasteiger partial charge in [0, 0.05) is 57.2 Å². The van der Waals surface area contributed by atoms with Gasteiger partial charge in [-0.25, -0.2) is 9.97 Å². The number of amides is 2. The molecule has 8 bridgehead atoms. The minimum Gasteiger partial charge on any atom is -0.493 e. The number of ether oxygens (including phenoxy) is 6. The molecule has 0 saturated carbocycles. The van der Waals surface area contributed by atoms with E-state index in [2.05, 4.69) is 20.6 Å². The number of H-pyrrole nitrogens is 2. The van der Waals surface area contributed by atoms with Crippen LogP contribution in [-0.4, -0.2) is 97.1 Å². The van der Waals surface area contributed by atoms with Crippen molar-refractivity contribution >= 4 is 79.7 Å². The molecule has 490 valence electrons. The third-order valence-electron chi connectivity index (χ3n) is 18.8. The van der Waals surface area contributed by atoms with E-state index in [1.165, 1.54) is 23.5 Å². The van der Waals surface area contributed by atoms with E-state index >= 15 is 0 Å². The lowest BCUT2D eigenvalue weighted by Gasteiger charge is -2.20. The zero-order valence-corrected chi connectivity index (χ0v) is 57.2. The van der Waals surface area contributed by atoms with Crippen molar-refractivity contribution in [3.63, 3.8) is 0 Å². The minimum atomic E-state index is -0.874. The number of methoxy groups -OCH3 is 6. The average Bonchev–Trinajstić information content (AvgIpc) is 1.48. The lowest BCUT2D eigenvalue weighted by atomic mass is 9.95. The maximum Gasteiger partial charge on any atom is 0.220 e. The Balaban J connectivity index is 0.990. The summed E-state index contributed by atoms with van der Waals surface area (Å²) in [7, 11) is 9.40. The number of aromatic amines is 2. The van der Waals surface area contributed by atoms with E-state index in [1.54, 1.807) is 68.6 Å². The number of hydrogen-bond acceptors (Lipinski definition) is 16. The van der Waals surface area contributed by atoms with Gasteiger partial charge >= 0.3 is 0 Å². The Morgan fingerprint density at radius 3 is 1.31 bits per heavy atom. The number of aryl methyl sites for hydroxylation is 4. The van der Waals surface area contributed by atoms with Crippen molar-refractivity contribution in [1.29, 1.82) is 0 Å². The van der Waals surface area contributed by atoms with Crippen molar-refractivity contribution in [3.8, 4) is 56.8 Å². The zero-order chi connectivity index (χ0) is 67.1. The first-order chi connectivity index (χ1) is 45.2. The van der Waals surface area contributed by atoms with Gasteiger partial charge in [0.1, 0.15) is 0 Å². The number of allylic oxidation sites excluding steroid dienone is 4. The number of thioether (sulfide) groups is 2. The summed E-state index contributed by atoms with van der Waals surface area (Å²) < 4.78 is 35.3. The number of carbonyl (C=O) groups excluding carboxylic acids is 2. The van der Waals surface area contributed by atoms with Crippen molar-refractivity contribution in [2.75, 3.05) is 55.2 Å². The van der Waals surface area contributed by atoms with Crippen LogP contribution in [0.5, 0.6) is 34.5 Å². The number of aliphatic hydroxyl groups is 2. The number of rotatable bonds is 18. The van der Waals surface area contributed by atoms with Gasteiger partial charge in [-0.1, -0.05) is 12.1 Å². The molecule has 18 nitrogen and oxygen atoms in total. The summed E-state index contributed by atoms with van der Waals surface area (Å²) in [5.41, 5.74) is 17.2. The fourth-order valence-corrected chi connectivity index (χ4v) is 15.0. The van der Waals surface area contributed by atoms with Crippen LogP contribution in [0.3, 0.4) is 0 Å². The number of fused-ring (bicyclic) bond motifs is 14. The second-order valence-corrected chi connectivity index (χ2v) is 25.8. The largest absolute Gasteiger partial charge is 0.493 e. The van der Waals surface area contributed by atoms with Crippen LogP contribution in [0, 0.1) is 13.8 Å². The van der Waals surface area contributed by atoms with Gasteiger partial charge in [-0.05, 0) is 220 Å². The highest BCUT2D eigenvalue weighted by atomic mass is 32.2. The molecule has 4 aromatic carbocycles. The van der Waals surface area contributed by atoms with E-state index < -0.39 is 24.3 Å². The van der Waals surface area contributed by atoms with Crippen LogP contribution in [0.25, 0.3) is 66.6 Å². The molecule has 5 heterocycles. The van der Waals surface area contributed by atoms with Gasteiger partial charge in [-0.2, -0.15) is 0 Å². The molecule has 0 fully saturated rings. The van der Waals surface area contributed by atoms with Gasteiger partial charge in [-0.3, -0.25) is 19.2 Å². The monoisotopic (exact) mass is 1310 g/mol. The summed E-state index contributed by atoms with van der Waals surface area (Å²) in [4.78, 5) is 76.4. The van der Waals surface area contributed by atoms with Crippen LogP contribution in [0.2, 0.25) is 0 Å².